The first-order chi connectivity index (χ1) is 14.7. The van der Waals surface area contributed by atoms with Gasteiger partial charge in [-0.25, -0.2) is 0 Å². The van der Waals surface area contributed by atoms with Crippen LogP contribution in [-0.4, -0.2) is 41.9 Å². The molecule has 2 fully saturated rings. The fraction of sp³-hybridized carbons (Fsp3) is 0.455. The molecule has 1 N–H and O–H groups in total. The van der Waals surface area contributed by atoms with E-state index < -0.39 is 47.4 Å². The van der Waals surface area contributed by atoms with Gasteiger partial charge in [0.2, 0.25) is 0 Å². The summed E-state index contributed by atoms with van der Waals surface area (Å²) in [5.41, 5.74) is 0.354. The maximum atomic E-state index is 14.1. The van der Waals surface area contributed by atoms with Gasteiger partial charge in [-0.1, -0.05) is 18.2 Å². The Kier molecular flexibility index (Phi) is 5.70. The molecule has 5 atom stereocenters. The van der Waals surface area contributed by atoms with Crippen LogP contribution in [0.2, 0.25) is 0 Å². The van der Waals surface area contributed by atoms with Gasteiger partial charge in [0, 0.05) is 18.8 Å². The summed E-state index contributed by atoms with van der Waals surface area (Å²) in [4.78, 5) is 26.4. The van der Waals surface area contributed by atoms with Gasteiger partial charge in [-0.2, -0.15) is 13.2 Å². The lowest BCUT2D eigenvalue weighted by Gasteiger charge is -2.52. The van der Waals surface area contributed by atoms with Gasteiger partial charge in [0.1, 0.15) is 11.5 Å². The van der Waals surface area contributed by atoms with Crippen molar-refractivity contribution in [3.63, 3.8) is 0 Å². The van der Waals surface area contributed by atoms with Crippen LogP contribution in [0.5, 0.6) is 5.75 Å². The molecule has 4 rings (SSSR count). The van der Waals surface area contributed by atoms with Gasteiger partial charge in [0.25, 0.3) is 0 Å². The Bertz CT molecular complexity index is 957. The highest BCUT2D eigenvalue weighted by Gasteiger charge is 2.65. The van der Waals surface area contributed by atoms with Crippen LogP contribution >= 0.6 is 11.3 Å². The van der Waals surface area contributed by atoms with E-state index in [1.807, 2.05) is 0 Å². The van der Waals surface area contributed by atoms with E-state index >= 15 is 0 Å². The number of aliphatic hydroxyl groups is 1. The fourth-order valence-electron chi connectivity index (χ4n) is 4.76. The summed E-state index contributed by atoms with van der Waals surface area (Å²) in [6.45, 7) is 0. The number of methoxy groups -OCH3 is 1. The number of benzene rings is 1. The predicted molar refractivity (Wildman–Crippen MR) is 106 cm³/mol. The number of ketones is 2. The fourth-order valence-corrected chi connectivity index (χ4v) is 5.47. The lowest BCUT2D eigenvalue weighted by molar-refractivity contribution is -0.354. The van der Waals surface area contributed by atoms with Crippen LogP contribution in [0.1, 0.15) is 40.4 Å². The number of halogens is 3. The summed E-state index contributed by atoms with van der Waals surface area (Å²) >= 11 is 1.03. The minimum atomic E-state index is -4.91. The quantitative estimate of drug-likeness (QED) is 0.695. The van der Waals surface area contributed by atoms with E-state index in [9.17, 15) is 27.9 Å². The van der Waals surface area contributed by atoms with E-state index in [1.54, 1.807) is 35.7 Å². The molecule has 2 aromatic rings. The standard InChI is InChI=1S/C22H21F3O5S/c1-29-13-8-6-12(7-9-13)16-17(19(27)15-5-3-11-31-15)20(22(23,24)25)30-21(28)10-2-4-14(26)18(16)21/h3,5-9,11,16-18,20,28H,2,4,10H2,1H3. The number of hydrogen-bond donors (Lipinski definition) is 1. The Hall–Kier alpha value is -2.23. The molecule has 0 bridgehead atoms. The summed E-state index contributed by atoms with van der Waals surface area (Å²) < 4.78 is 52.7. The molecule has 2 heterocycles. The van der Waals surface area contributed by atoms with Crippen molar-refractivity contribution in [2.75, 3.05) is 7.11 Å². The van der Waals surface area contributed by atoms with E-state index in [0.717, 1.165) is 11.3 Å². The van der Waals surface area contributed by atoms with Crippen LogP contribution in [0.3, 0.4) is 0 Å². The molecule has 5 unspecified atom stereocenters. The van der Waals surface area contributed by atoms with Crippen LogP contribution in [0.15, 0.2) is 41.8 Å². The van der Waals surface area contributed by atoms with Crippen LogP contribution in [0.25, 0.3) is 0 Å². The third-order valence-electron chi connectivity index (χ3n) is 6.08. The molecular weight excluding hydrogens is 433 g/mol. The van der Waals surface area contributed by atoms with Crippen LogP contribution in [0, 0.1) is 11.8 Å². The Balaban J connectivity index is 1.90. The second-order valence-electron chi connectivity index (χ2n) is 7.89. The summed E-state index contributed by atoms with van der Waals surface area (Å²) in [5.74, 6) is -7.14. The number of Topliss-reactive ketones (excluding diaryl/α,β-unsaturated/α-hetero) is 2. The van der Waals surface area contributed by atoms with Gasteiger partial charge in [-0.15, -0.1) is 11.3 Å². The van der Waals surface area contributed by atoms with Gasteiger partial charge in [-0.3, -0.25) is 9.59 Å². The summed E-state index contributed by atoms with van der Waals surface area (Å²) in [5, 5.41) is 12.7. The Morgan fingerprint density at radius 3 is 2.55 bits per heavy atom. The first kappa shape index (κ1) is 22.0. The predicted octanol–water partition coefficient (Wildman–Crippen LogP) is 4.36. The lowest BCUT2D eigenvalue weighted by atomic mass is 9.62. The number of thiophene rings is 1. The van der Waals surface area contributed by atoms with Crippen molar-refractivity contribution in [1.29, 1.82) is 0 Å². The second kappa shape index (κ2) is 8.03. The van der Waals surface area contributed by atoms with Crippen molar-refractivity contribution in [1.82, 2.24) is 0 Å². The highest BCUT2D eigenvalue weighted by molar-refractivity contribution is 7.12. The molecule has 166 valence electrons. The Morgan fingerprint density at radius 1 is 1.26 bits per heavy atom. The molecule has 0 radical (unpaired) electrons. The molecule has 31 heavy (non-hydrogen) atoms. The van der Waals surface area contributed by atoms with Gasteiger partial charge in [-0.05, 0) is 35.6 Å². The zero-order valence-electron chi connectivity index (χ0n) is 16.6. The minimum Gasteiger partial charge on any atom is -0.497 e. The highest BCUT2D eigenvalue weighted by Crippen LogP contribution is 2.54. The monoisotopic (exact) mass is 454 g/mol. The number of alkyl halides is 3. The van der Waals surface area contributed by atoms with Gasteiger partial charge in [0.05, 0.1) is 23.8 Å². The van der Waals surface area contributed by atoms with Gasteiger partial charge in [0.15, 0.2) is 17.7 Å². The van der Waals surface area contributed by atoms with Crippen molar-refractivity contribution >= 4 is 22.9 Å². The molecule has 0 spiro atoms. The number of fused-ring (bicyclic) bond motifs is 1. The molecule has 2 aliphatic rings. The van der Waals surface area contributed by atoms with Crippen LogP contribution in [0.4, 0.5) is 13.2 Å². The largest absolute Gasteiger partial charge is 0.497 e. The second-order valence-corrected chi connectivity index (χ2v) is 8.84. The van der Waals surface area contributed by atoms with Crippen molar-refractivity contribution in [3.8, 4) is 5.75 Å². The summed E-state index contributed by atoms with van der Waals surface area (Å²) in [7, 11) is 1.45. The number of carbonyl (C=O) groups excluding carboxylic acids is 2. The average Bonchev–Trinajstić information content (AvgIpc) is 3.26. The zero-order chi connectivity index (χ0) is 22.4. The van der Waals surface area contributed by atoms with Gasteiger partial charge >= 0.3 is 6.18 Å². The van der Waals surface area contributed by atoms with E-state index in [2.05, 4.69) is 0 Å². The third kappa shape index (κ3) is 3.90. The maximum absolute atomic E-state index is 14.1. The molecule has 1 saturated carbocycles. The van der Waals surface area contributed by atoms with Crippen LogP contribution in [-0.2, 0) is 9.53 Å². The number of ether oxygens (including phenoxy) is 2. The van der Waals surface area contributed by atoms with Crippen molar-refractivity contribution in [2.24, 2.45) is 11.8 Å². The van der Waals surface area contributed by atoms with E-state index in [1.165, 1.54) is 13.2 Å². The molecular formula is C22H21F3O5S. The molecule has 1 saturated heterocycles. The van der Waals surface area contributed by atoms with E-state index in [-0.39, 0.29) is 24.1 Å². The molecule has 1 aromatic carbocycles. The van der Waals surface area contributed by atoms with E-state index in [0.29, 0.717) is 11.3 Å². The summed E-state index contributed by atoms with van der Waals surface area (Å²) in [6.07, 6.45) is -7.23. The number of carbonyl (C=O) groups is 2. The minimum absolute atomic E-state index is 0.109. The van der Waals surface area contributed by atoms with Gasteiger partial charge < -0.3 is 14.6 Å². The van der Waals surface area contributed by atoms with Crippen LogP contribution < -0.4 is 4.74 Å². The number of hydrogen-bond acceptors (Lipinski definition) is 6. The molecule has 1 aromatic heterocycles. The SMILES string of the molecule is COc1ccc(C2C(C(=O)c3cccs3)C(C(F)(F)F)OC3(O)CCCC(=O)C23)cc1. The summed E-state index contributed by atoms with van der Waals surface area (Å²) in [6, 6.07) is 9.24. The van der Waals surface area contributed by atoms with E-state index in [4.69, 9.17) is 9.47 Å². The first-order valence-electron chi connectivity index (χ1n) is 9.87. The lowest BCUT2D eigenvalue weighted by Crippen LogP contribution is -2.63. The molecule has 1 aliphatic heterocycles. The van der Waals surface area contributed by atoms with Crippen molar-refractivity contribution < 1.29 is 37.3 Å². The normalized spacial score (nSPS) is 31.2. The first-order valence-corrected chi connectivity index (χ1v) is 10.7. The topological polar surface area (TPSA) is 72.8 Å². The zero-order valence-corrected chi connectivity index (χ0v) is 17.4. The Morgan fingerprint density at radius 2 is 1.97 bits per heavy atom. The highest BCUT2D eigenvalue weighted by atomic mass is 32.1. The molecule has 0 amide bonds. The smallest absolute Gasteiger partial charge is 0.415 e. The molecule has 5 nitrogen and oxygen atoms in total. The third-order valence-corrected chi connectivity index (χ3v) is 6.97. The van der Waals surface area contributed by atoms with Crippen molar-refractivity contribution in [3.05, 3.63) is 52.2 Å². The molecule has 9 heteroatoms. The number of rotatable bonds is 4. The maximum Gasteiger partial charge on any atom is 0.415 e. The Labute approximate surface area is 180 Å². The molecule has 1 aliphatic carbocycles. The van der Waals surface area contributed by atoms with Crippen molar-refractivity contribution in [2.45, 2.75) is 43.2 Å². The average molecular weight is 454 g/mol.